The Morgan fingerprint density at radius 3 is 1.92 bits per heavy atom. The van der Waals surface area contributed by atoms with Gasteiger partial charge >= 0.3 is 36.4 Å². The molecule has 14 nitrogen and oxygen atoms in total. The Balaban J connectivity index is 0.000000352. The van der Waals surface area contributed by atoms with E-state index >= 15 is 0 Å². The van der Waals surface area contributed by atoms with Gasteiger partial charge in [0.05, 0.1) is 17.8 Å². The minimum Gasteiger partial charge on any atom is -0.475 e. The standard InChI is InChI=1S/C22H25N7O.3C2HF3O2/c1-2-25-16-3-4-20-19(10-16)28-22(30-20)18-9-14(11-26-21(18)23)15-12-27-29(13-15)17-5-7-24-8-6-17;3*3-2(4,5)1(6)7/h3-4,9-13,17,24-25H,2,5-8H2,1H3,(H2,23,26);3*(H,6,7). The van der Waals surface area contributed by atoms with Crippen molar-refractivity contribution in [3.8, 4) is 22.6 Å². The molecule has 0 saturated carbocycles. The van der Waals surface area contributed by atoms with E-state index in [0.717, 1.165) is 60.4 Å². The summed E-state index contributed by atoms with van der Waals surface area (Å²) < 4.78 is 103. The van der Waals surface area contributed by atoms with Gasteiger partial charge in [0.2, 0.25) is 5.89 Å². The van der Waals surface area contributed by atoms with E-state index in [-0.39, 0.29) is 0 Å². The summed E-state index contributed by atoms with van der Waals surface area (Å²) in [5.41, 5.74) is 11.3. The molecular weight excluding hydrogens is 717 g/mol. The number of aliphatic carboxylic acids is 3. The van der Waals surface area contributed by atoms with Crippen molar-refractivity contribution in [2.24, 2.45) is 0 Å². The van der Waals surface area contributed by atoms with Gasteiger partial charge in [-0.1, -0.05) is 0 Å². The molecule has 1 fully saturated rings. The number of nitrogens with two attached hydrogens (primary N) is 1. The molecule has 4 aromatic rings. The van der Waals surface area contributed by atoms with Crippen LogP contribution < -0.4 is 16.4 Å². The van der Waals surface area contributed by atoms with E-state index in [1.54, 1.807) is 6.20 Å². The topological polar surface area (TPSA) is 219 Å². The zero-order valence-corrected chi connectivity index (χ0v) is 25.9. The van der Waals surface area contributed by atoms with Crippen LogP contribution in [0.25, 0.3) is 33.7 Å². The number of piperidine rings is 1. The molecule has 7 N–H and O–H groups in total. The number of aromatic nitrogens is 4. The Morgan fingerprint density at radius 1 is 0.902 bits per heavy atom. The highest BCUT2D eigenvalue weighted by molar-refractivity contribution is 5.83. The number of carbonyl (C=O) groups is 3. The van der Waals surface area contributed by atoms with Crippen LogP contribution >= 0.6 is 0 Å². The average molecular weight is 746 g/mol. The number of benzene rings is 1. The van der Waals surface area contributed by atoms with Crippen molar-refractivity contribution in [1.82, 2.24) is 25.1 Å². The molecule has 1 aromatic carbocycles. The largest absolute Gasteiger partial charge is 0.490 e. The molecule has 51 heavy (non-hydrogen) atoms. The molecule has 0 spiro atoms. The molecule has 3 aromatic heterocycles. The zero-order chi connectivity index (χ0) is 38.7. The summed E-state index contributed by atoms with van der Waals surface area (Å²) in [7, 11) is 0. The van der Waals surface area contributed by atoms with Crippen LogP contribution in [0.3, 0.4) is 0 Å². The maximum atomic E-state index is 10.6. The lowest BCUT2D eigenvalue weighted by molar-refractivity contribution is -0.193. The van der Waals surface area contributed by atoms with Crippen LogP contribution in [0, 0.1) is 0 Å². The smallest absolute Gasteiger partial charge is 0.475 e. The third-order valence-electron chi connectivity index (χ3n) is 6.26. The first kappa shape index (κ1) is 41.6. The monoisotopic (exact) mass is 745 g/mol. The molecule has 1 aliphatic rings. The molecule has 0 radical (unpaired) electrons. The number of halogens is 9. The van der Waals surface area contributed by atoms with E-state index in [1.807, 2.05) is 30.5 Å². The van der Waals surface area contributed by atoms with Crippen LogP contribution in [0.1, 0.15) is 25.8 Å². The van der Waals surface area contributed by atoms with Crippen molar-refractivity contribution < 1.29 is 73.6 Å². The third kappa shape index (κ3) is 13.0. The molecule has 1 saturated heterocycles. The minimum atomic E-state index is -5.08. The molecule has 23 heteroatoms. The van der Waals surface area contributed by atoms with Crippen LogP contribution in [-0.4, -0.2) is 91.1 Å². The lowest BCUT2D eigenvalue weighted by Gasteiger charge is -2.22. The molecule has 4 heterocycles. The Bertz CT molecular complexity index is 1730. The third-order valence-corrected chi connectivity index (χ3v) is 6.26. The maximum absolute atomic E-state index is 10.6. The molecule has 5 rings (SSSR count). The fraction of sp³-hybridized carbons (Fsp3) is 0.357. The van der Waals surface area contributed by atoms with Crippen LogP contribution in [0.5, 0.6) is 0 Å². The Labute approximate surface area is 280 Å². The van der Waals surface area contributed by atoms with Crippen LogP contribution in [-0.2, 0) is 14.4 Å². The van der Waals surface area contributed by atoms with Gasteiger partial charge < -0.3 is 36.1 Å². The average Bonchev–Trinajstić information content (AvgIpc) is 3.69. The number of hydrogen-bond acceptors (Lipinski definition) is 10. The van der Waals surface area contributed by atoms with E-state index in [4.69, 9.17) is 39.9 Å². The second-order valence-electron chi connectivity index (χ2n) is 9.99. The summed E-state index contributed by atoms with van der Waals surface area (Å²) in [6.45, 7) is 4.96. The van der Waals surface area contributed by atoms with Gasteiger partial charge in [-0.25, -0.2) is 24.4 Å². The van der Waals surface area contributed by atoms with Gasteiger partial charge in [-0.2, -0.15) is 44.6 Å². The van der Waals surface area contributed by atoms with Crippen molar-refractivity contribution in [3.63, 3.8) is 0 Å². The molecule has 0 aliphatic carbocycles. The quantitative estimate of drug-likeness (QED) is 0.137. The number of fused-ring (bicyclic) bond motifs is 1. The first-order valence-electron chi connectivity index (χ1n) is 14.1. The number of rotatable bonds is 5. The van der Waals surface area contributed by atoms with E-state index in [2.05, 4.69) is 43.5 Å². The number of pyridine rings is 1. The Kier molecular flexibility index (Phi) is 14.1. The van der Waals surface area contributed by atoms with Crippen molar-refractivity contribution in [1.29, 1.82) is 0 Å². The van der Waals surface area contributed by atoms with Gasteiger partial charge in [0, 0.05) is 35.8 Å². The summed E-state index contributed by atoms with van der Waals surface area (Å²) in [5.74, 6) is -7.41. The predicted octanol–water partition coefficient (Wildman–Crippen LogP) is 5.59. The number of nitrogens with one attached hydrogen (secondary N) is 2. The van der Waals surface area contributed by atoms with E-state index in [1.165, 1.54) is 0 Å². The molecule has 280 valence electrons. The Morgan fingerprint density at radius 2 is 1.43 bits per heavy atom. The number of carboxylic acid groups (broad SMARTS) is 3. The van der Waals surface area contributed by atoms with Gasteiger partial charge in [-0.05, 0) is 57.1 Å². The number of nitrogen functional groups attached to an aromatic ring is 1. The number of hydrogen-bond donors (Lipinski definition) is 6. The number of carboxylic acids is 3. The summed E-state index contributed by atoms with van der Waals surface area (Å²) >= 11 is 0. The molecule has 0 amide bonds. The van der Waals surface area contributed by atoms with Gasteiger partial charge in [-0.15, -0.1) is 0 Å². The van der Waals surface area contributed by atoms with E-state index in [0.29, 0.717) is 23.3 Å². The van der Waals surface area contributed by atoms with Gasteiger partial charge in [0.25, 0.3) is 0 Å². The van der Waals surface area contributed by atoms with Gasteiger partial charge in [-0.3, -0.25) is 4.68 Å². The van der Waals surface area contributed by atoms with Crippen molar-refractivity contribution >= 4 is 40.5 Å². The normalized spacial score (nSPS) is 13.5. The Hall–Kier alpha value is -5.61. The van der Waals surface area contributed by atoms with E-state index in [9.17, 15) is 39.5 Å². The molecule has 1 aliphatic heterocycles. The number of nitrogens with zero attached hydrogens (tertiary/aromatic N) is 4. The second-order valence-corrected chi connectivity index (χ2v) is 9.99. The lowest BCUT2D eigenvalue weighted by Crippen LogP contribution is -2.29. The van der Waals surface area contributed by atoms with Crippen LogP contribution in [0.15, 0.2) is 47.3 Å². The van der Waals surface area contributed by atoms with Crippen molar-refractivity contribution in [2.45, 2.75) is 44.3 Å². The maximum Gasteiger partial charge on any atom is 0.490 e. The highest BCUT2D eigenvalue weighted by Gasteiger charge is 2.39. The summed E-state index contributed by atoms with van der Waals surface area (Å²) in [4.78, 5) is 35.7. The number of alkyl halides is 9. The first-order valence-corrected chi connectivity index (χ1v) is 14.1. The SMILES string of the molecule is CCNc1ccc2oc(-c3cc(-c4cnn(C5CCNCC5)c4)cnc3N)nc2c1.O=C(O)C(F)(F)F.O=C(O)C(F)(F)F.O=C(O)C(F)(F)F. The predicted molar refractivity (Wildman–Crippen MR) is 159 cm³/mol. The van der Waals surface area contributed by atoms with Crippen LogP contribution in [0.2, 0.25) is 0 Å². The molecular formula is C28H28F9N7O7. The van der Waals surface area contributed by atoms with Gasteiger partial charge in [0.1, 0.15) is 11.3 Å². The highest BCUT2D eigenvalue weighted by Crippen LogP contribution is 2.32. The molecule has 0 unspecified atom stereocenters. The van der Waals surface area contributed by atoms with Crippen molar-refractivity contribution in [3.05, 3.63) is 42.9 Å². The molecule has 0 bridgehead atoms. The van der Waals surface area contributed by atoms with Gasteiger partial charge in [0.15, 0.2) is 5.58 Å². The number of anilines is 2. The lowest BCUT2D eigenvalue weighted by atomic mass is 10.1. The van der Waals surface area contributed by atoms with Crippen molar-refractivity contribution in [2.75, 3.05) is 30.7 Å². The first-order chi connectivity index (χ1) is 23.5. The summed E-state index contributed by atoms with van der Waals surface area (Å²) in [5, 5.41) is 32.6. The highest BCUT2D eigenvalue weighted by atomic mass is 19.4. The fourth-order valence-corrected chi connectivity index (χ4v) is 3.92. The summed E-state index contributed by atoms with van der Waals surface area (Å²) in [6, 6.07) is 8.28. The fourth-order valence-electron chi connectivity index (χ4n) is 3.92. The van der Waals surface area contributed by atoms with E-state index < -0.39 is 36.4 Å². The van der Waals surface area contributed by atoms with Crippen LogP contribution in [0.4, 0.5) is 51.0 Å². The minimum absolute atomic E-state index is 0.392. The second kappa shape index (κ2) is 17.4. The zero-order valence-electron chi connectivity index (χ0n) is 25.9. The number of oxazole rings is 1. The molecule has 0 atom stereocenters. The summed E-state index contributed by atoms with van der Waals surface area (Å²) in [6.07, 6.45) is -7.33.